The highest BCUT2D eigenvalue weighted by Gasteiger charge is 2.45. The van der Waals surface area contributed by atoms with E-state index >= 15 is 0 Å². The minimum absolute atomic E-state index is 0.0253. The summed E-state index contributed by atoms with van der Waals surface area (Å²) in [6, 6.07) is 29.0. The number of hydrogen-bond donors (Lipinski definition) is 0. The fraction of sp³-hybridized carbons (Fsp3) is 0.486. The van der Waals surface area contributed by atoms with Crippen LogP contribution in [0.4, 0.5) is 22.7 Å². The van der Waals surface area contributed by atoms with Crippen LogP contribution in [-0.2, 0) is 19.2 Å². The van der Waals surface area contributed by atoms with Crippen molar-refractivity contribution in [2.75, 3.05) is 45.8 Å². The highest BCUT2D eigenvalue weighted by molar-refractivity contribution is 9.10. The Labute approximate surface area is 547 Å². The van der Waals surface area contributed by atoms with Gasteiger partial charge in [-0.3, -0.25) is 19.2 Å². The van der Waals surface area contributed by atoms with E-state index in [-0.39, 0.29) is 30.6 Å². The molecule has 86 heavy (non-hydrogen) atoms. The third-order valence-electron chi connectivity index (χ3n) is 17.8. The third kappa shape index (κ3) is 16.8. The van der Waals surface area contributed by atoms with E-state index in [1.807, 2.05) is 56.0 Å². The van der Waals surface area contributed by atoms with E-state index < -0.39 is 0 Å². The monoisotopic (exact) mass is 1400 g/mol. The fourth-order valence-corrected chi connectivity index (χ4v) is 14.1. The van der Waals surface area contributed by atoms with Gasteiger partial charge in [0.05, 0.1) is 45.0 Å². The minimum atomic E-state index is -0.0508. The van der Waals surface area contributed by atoms with Crippen LogP contribution >= 0.6 is 84.9 Å². The first kappa shape index (κ1) is 70.5. The summed E-state index contributed by atoms with van der Waals surface area (Å²) in [6.45, 7) is 24.9. The van der Waals surface area contributed by atoms with E-state index in [9.17, 15) is 19.2 Å². The predicted octanol–water partition coefficient (Wildman–Crippen LogP) is 21.7. The van der Waals surface area contributed by atoms with Crippen LogP contribution in [0.25, 0.3) is 32.7 Å². The van der Waals surface area contributed by atoms with Crippen molar-refractivity contribution < 1.29 is 19.2 Å². The summed E-state index contributed by atoms with van der Waals surface area (Å²) in [5.74, 6) is 1.56. The molecule has 4 amide bonds. The maximum atomic E-state index is 14.6. The van der Waals surface area contributed by atoms with Gasteiger partial charge in [0, 0.05) is 67.1 Å². The van der Waals surface area contributed by atoms with Crippen molar-refractivity contribution in [2.45, 2.75) is 172 Å². The van der Waals surface area contributed by atoms with Gasteiger partial charge in [-0.2, -0.15) is 0 Å². The maximum absolute atomic E-state index is 14.6. The molecule has 4 aromatic carbocycles. The van der Waals surface area contributed by atoms with Crippen molar-refractivity contribution in [3.63, 3.8) is 0 Å². The highest BCUT2D eigenvalue weighted by atomic mass is 79.9. The standard InChI is InChI=1S/C38H48N2O2S.C32H40Br2N2O2.H7P5/c1-7-11-13-27(9-3)23-39-32-21-25(5)15-18-30(32)35(37(39)41)36-31-19-17-29(34-20-16-26(6)43-34)22-33(31)40(38(36)42)24-28(10-4)14-12-8-2;1-5-9-11-21(7-3)19-35-27-17-23(33)13-15-25(27)29(31(35)37)30-26-16-14-24(34)18-28(26)36(32(30)38)20-22(8-4)12-10-6-2;1-4-5(2)3/h15-22,27-28H,7-14,23-24H2,1-6H3;13-18,21-22H,5-12,19-20H2,1-4H3;4H,1-3H2/b36-35+;30-29+;. The number of anilines is 4. The molecule has 0 fully saturated rings. The molecule has 1 aromatic heterocycles. The lowest BCUT2D eigenvalue weighted by Gasteiger charge is -2.24. The van der Waals surface area contributed by atoms with Crippen molar-refractivity contribution in [2.24, 2.45) is 23.7 Å². The lowest BCUT2D eigenvalue weighted by Crippen LogP contribution is -2.34. The van der Waals surface area contributed by atoms with E-state index in [0.717, 1.165) is 169 Å². The molecule has 8 atom stereocenters. The molecule has 4 aliphatic rings. The van der Waals surface area contributed by atoms with Crippen LogP contribution in [0.2, 0.25) is 0 Å². The second-order valence-corrected chi connectivity index (χ2v) is 40.9. The Morgan fingerprint density at radius 1 is 0.453 bits per heavy atom. The zero-order valence-corrected chi connectivity index (χ0v) is 62.1. The first-order valence-electron chi connectivity index (χ1n) is 31.9. The summed E-state index contributed by atoms with van der Waals surface area (Å²) < 4.78 is 1.87. The zero-order valence-electron chi connectivity index (χ0n) is 52.8. The van der Waals surface area contributed by atoms with Crippen LogP contribution in [0.15, 0.2) is 93.9 Å². The second kappa shape index (κ2) is 33.9. The summed E-state index contributed by atoms with van der Waals surface area (Å²) in [5.41, 5.74) is 11.7. The van der Waals surface area contributed by atoms with Crippen molar-refractivity contribution >= 4 is 154 Å². The SMILES string of the molecule is CCCCC(CC)CN1C(=O)/C(=C2/C(=O)N(CC(CC)CCCC)c3cc(-c4ccc(C)s4)ccc32)c2ccc(C)cc21.CCCCC(CC)CN1C(=O)/C(=C2/C(=O)N(CC(CC)CCCC)c3cc(Br)ccc32)c2ccc(Br)cc21.PPP(P)P. The maximum Gasteiger partial charge on any atom is 0.259 e. The number of carbonyl (C=O) groups excluding carboxylic acids is 4. The largest absolute Gasteiger partial charge is 0.307 e. The Morgan fingerprint density at radius 2 is 0.767 bits per heavy atom. The molecule has 0 aliphatic carbocycles. The number of benzene rings is 4. The van der Waals surface area contributed by atoms with Crippen LogP contribution in [-0.4, -0.2) is 49.8 Å². The molecular formula is C70H95Br2N4O4P5S. The van der Waals surface area contributed by atoms with Crippen LogP contribution in [0, 0.1) is 37.5 Å². The van der Waals surface area contributed by atoms with E-state index in [0.29, 0.717) is 72.1 Å². The van der Waals surface area contributed by atoms with Gasteiger partial charge in [-0.25, -0.2) is 0 Å². The molecule has 5 aromatic rings. The molecule has 9 rings (SSSR count). The molecule has 0 bridgehead atoms. The van der Waals surface area contributed by atoms with Gasteiger partial charge in [-0.1, -0.05) is 209 Å². The molecule has 0 radical (unpaired) electrons. The smallest absolute Gasteiger partial charge is 0.259 e. The Bertz CT molecular complexity index is 3160. The van der Waals surface area contributed by atoms with Gasteiger partial charge in [0.15, 0.2) is 0 Å². The average molecular weight is 1400 g/mol. The van der Waals surface area contributed by atoms with Gasteiger partial charge in [-0.05, 0) is 130 Å². The average Bonchev–Trinajstić information content (AvgIpc) is 1.64. The Kier molecular flexibility index (Phi) is 27.8. The molecule has 0 spiro atoms. The van der Waals surface area contributed by atoms with Crippen LogP contribution in [0.1, 0.15) is 191 Å². The Hall–Kier alpha value is -2.95. The van der Waals surface area contributed by atoms with Gasteiger partial charge >= 0.3 is 0 Å². The van der Waals surface area contributed by atoms with Gasteiger partial charge < -0.3 is 19.6 Å². The number of rotatable bonds is 26. The molecule has 16 heteroatoms. The molecule has 8 unspecified atom stereocenters. The third-order valence-corrected chi connectivity index (χ3v) is 31.7. The lowest BCUT2D eigenvalue weighted by atomic mass is 9.95. The number of halogens is 2. The summed E-state index contributed by atoms with van der Waals surface area (Å²) in [5, 5.41) is 0. The van der Waals surface area contributed by atoms with E-state index in [2.05, 4.69) is 176 Å². The number of nitrogens with zero attached hydrogens (tertiary/aromatic N) is 4. The van der Waals surface area contributed by atoms with Gasteiger partial charge in [-0.15, -0.1) is 38.1 Å². The first-order valence-corrected chi connectivity index (χ1v) is 42.5. The topological polar surface area (TPSA) is 81.2 Å². The van der Waals surface area contributed by atoms with E-state index in [1.54, 1.807) is 11.3 Å². The summed E-state index contributed by atoms with van der Waals surface area (Å²) >= 11 is 9.01. The molecule has 0 saturated heterocycles. The molecule has 8 nitrogen and oxygen atoms in total. The number of unbranched alkanes of at least 4 members (excludes halogenated alkanes) is 4. The number of aryl methyl sites for hydroxylation is 2. The van der Waals surface area contributed by atoms with E-state index in [4.69, 9.17) is 0 Å². The Balaban J connectivity index is 0.000000230. The summed E-state index contributed by atoms with van der Waals surface area (Å²) in [4.78, 5) is 67.7. The molecule has 464 valence electrons. The molecule has 5 heterocycles. The highest BCUT2D eigenvalue weighted by Crippen LogP contribution is 2.71. The quantitative estimate of drug-likeness (QED) is 0.0408. The summed E-state index contributed by atoms with van der Waals surface area (Å²) in [6.07, 6.45) is 17.8. The van der Waals surface area contributed by atoms with Gasteiger partial charge in [0.25, 0.3) is 23.6 Å². The molecule has 0 N–H and O–H groups in total. The molecular weight excluding hydrogens is 1310 g/mol. The van der Waals surface area contributed by atoms with Crippen LogP contribution in [0.5, 0.6) is 0 Å². The number of fused-ring (bicyclic) bond motifs is 4. The first-order chi connectivity index (χ1) is 41.4. The minimum Gasteiger partial charge on any atom is -0.307 e. The number of hydrogen-bond acceptors (Lipinski definition) is 5. The fourth-order valence-electron chi connectivity index (χ4n) is 12.5. The van der Waals surface area contributed by atoms with Crippen molar-refractivity contribution in [1.82, 2.24) is 0 Å². The normalized spacial score (nSPS) is 17.5. The Morgan fingerprint density at radius 3 is 1.07 bits per heavy atom. The number of thiophene rings is 1. The number of carbonyl (C=O) groups is 4. The van der Waals surface area contributed by atoms with Crippen molar-refractivity contribution in [3.05, 3.63) is 127 Å². The van der Waals surface area contributed by atoms with Crippen molar-refractivity contribution in [1.29, 1.82) is 0 Å². The van der Waals surface area contributed by atoms with Gasteiger partial charge in [0.1, 0.15) is 0 Å². The molecule has 0 saturated carbocycles. The van der Waals surface area contributed by atoms with Crippen LogP contribution < -0.4 is 19.6 Å². The zero-order chi connectivity index (χ0) is 62.4. The van der Waals surface area contributed by atoms with E-state index in [1.165, 1.54) is 16.2 Å². The number of amides is 4. The van der Waals surface area contributed by atoms with Gasteiger partial charge in [0.2, 0.25) is 0 Å². The lowest BCUT2D eigenvalue weighted by molar-refractivity contribution is -0.114. The predicted molar refractivity (Wildman–Crippen MR) is 395 cm³/mol. The molecule has 4 aliphatic heterocycles. The van der Waals surface area contributed by atoms with Crippen molar-refractivity contribution in [3.8, 4) is 10.4 Å². The second-order valence-electron chi connectivity index (χ2n) is 23.9. The summed E-state index contributed by atoms with van der Waals surface area (Å²) in [7, 11) is 9.24. The van der Waals surface area contributed by atoms with Crippen LogP contribution in [0.3, 0.4) is 0 Å².